The first-order valence-electron chi connectivity index (χ1n) is 9.79. The molecular formula is C22H27FN2O6. The number of nitrogens with one attached hydrogen (secondary N) is 1. The summed E-state index contributed by atoms with van der Waals surface area (Å²) in [5.41, 5.74) is -0.272. The highest BCUT2D eigenvalue weighted by molar-refractivity contribution is 5.97. The Morgan fingerprint density at radius 1 is 1.10 bits per heavy atom. The molecule has 0 bridgehead atoms. The van der Waals surface area contributed by atoms with E-state index in [1.807, 2.05) is 13.8 Å². The van der Waals surface area contributed by atoms with Crippen molar-refractivity contribution in [3.63, 3.8) is 0 Å². The van der Waals surface area contributed by atoms with Gasteiger partial charge in [-0.05, 0) is 44.0 Å². The van der Waals surface area contributed by atoms with Crippen LogP contribution in [0.5, 0.6) is 17.2 Å². The van der Waals surface area contributed by atoms with Crippen molar-refractivity contribution in [2.45, 2.75) is 45.9 Å². The maximum atomic E-state index is 13.1. The zero-order valence-corrected chi connectivity index (χ0v) is 18.1. The Labute approximate surface area is 180 Å². The van der Waals surface area contributed by atoms with Gasteiger partial charge < -0.3 is 24.6 Å². The monoisotopic (exact) mass is 434 g/mol. The van der Waals surface area contributed by atoms with Crippen molar-refractivity contribution in [2.24, 2.45) is 5.92 Å². The third-order valence-electron chi connectivity index (χ3n) is 4.53. The van der Waals surface area contributed by atoms with E-state index < -0.39 is 35.9 Å². The second kappa shape index (κ2) is 10.6. The first-order chi connectivity index (χ1) is 14.6. The van der Waals surface area contributed by atoms with E-state index in [0.717, 1.165) is 0 Å². The summed E-state index contributed by atoms with van der Waals surface area (Å²) < 4.78 is 29.4. The number of carbonyl (C=O) groups is 2. The SMILES string of the molecule is COc1ccnc(C(=O)N[C@@H](C)C(=O)O[C@@H](C)[C@H](Oc2ccc(F)cc2)C(C)C)c1O. The molecule has 0 saturated heterocycles. The van der Waals surface area contributed by atoms with Crippen LogP contribution < -0.4 is 14.8 Å². The topological polar surface area (TPSA) is 107 Å². The quantitative estimate of drug-likeness (QED) is 0.584. The van der Waals surface area contributed by atoms with Crippen LogP contribution in [-0.4, -0.2) is 47.3 Å². The van der Waals surface area contributed by atoms with Gasteiger partial charge in [0.2, 0.25) is 0 Å². The number of aromatic nitrogens is 1. The first kappa shape index (κ1) is 23.9. The molecule has 1 heterocycles. The Morgan fingerprint density at radius 2 is 1.74 bits per heavy atom. The number of benzene rings is 1. The standard InChI is InChI=1S/C22H27FN2O6/c1-12(2)20(31-16-8-6-15(23)7-9-16)14(4)30-22(28)13(3)25-21(27)18-19(26)17(29-5)10-11-24-18/h6-14,20,26H,1-5H3,(H,25,27)/t13-,14-,20+/m0/s1. The third-order valence-corrected chi connectivity index (χ3v) is 4.53. The smallest absolute Gasteiger partial charge is 0.328 e. The molecule has 0 aliphatic carbocycles. The van der Waals surface area contributed by atoms with Gasteiger partial charge in [-0.3, -0.25) is 4.79 Å². The highest BCUT2D eigenvalue weighted by Crippen LogP contribution is 2.27. The lowest BCUT2D eigenvalue weighted by molar-refractivity contribution is -0.155. The van der Waals surface area contributed by atoms with Crippen LogP contribution in [0.3, 0.4) is 0 Å². The molecule has 0 aliphatic heterocycles. The molecule has 0 spiro atoms. The van der Waals surface area contributed by atoms with Gasteiger partial charge in [-0.15, -0.1) is 0 Å². The number of esters is 1. The lowest BCUT2D eigenvalue weighted by Gasteiger charge is -2.29. The number of amides is 1. The lowest BCUT2D eigenvalue weighted by Crippen LogP contribution is -2.44. The zero-order valence-electron chi connectivity index (χ0n) is 18.1. The molecule has 1 aromatic carbocycles. The molecule has 0 fully saturated rings. The number of methoxy groups -OCH3 is 1. The molecule has 168 valence electrons. The number of hydrogen-bond acceptors (Lipinski definition) is 7. The Bertz CT molecular complexity index is 903. The fourth-order valence-corrected chi connectivity index (χ4v) is 2.89. The first-order valence-corrected chi connectivity index (χ1v) is 9.79. The van der Waals surface area contributed by atoms with Crippen molar-refractivity contribution in [3.8, 4) is 17.2 Å². The highest BCUT2D eigenvalue weighted by atomic mass is 19.1. The maximum Gasteiger partial charge on any atom is 0.328 e. The second-order valence-electron chi connectivity index (χ2n) is 7.33. The van der Waals surface area contributed by atoms with Gasteiger partial charge in [0.25, 0.3) is 5.91 Å². The highest BCUT2D eigenvalue weighted by Gasteiger charge is 2.29. The zero-order chi connectivity index (χ0) is 23.1. The summed E-state index contributed by atoms with van der Waals surface area (Å²) in [6.45, 7) is 6.94. The number of pyridine rings is 1. The summed E-state index contributed by atoms with van der Waals surface area (Å²) in [4.78, 5) is 28.7. The summed E-state index contributed by atoms with van der Waals surface area (Å²) in [7, 11) is 1.34. The molecule has 0 aliphatic rings. The number of ether oxygens (including phenoxy) is 3. The van der Waals surface area contributed by atoms with Crippen LogP contribution in [0.2, 0.25) is 0 Å². The van der Waals surface area contributed by atoms with Crippen LogP contribution in [0.4, 0.5) is 4.39 Å². The number of nitrogens with zero attached hydrogens (tertiary/aromatic N) is 1. The Balaban J connectivity index is 2.01. The summed E-state index contributed by atoms with van der Waals surface area (Å²) >= 11 is 0. The molecular weight excluding hydrogens is 407 g/mol. The maximum absolute atomic E-state index is 13.1. The molecule has 31 heavy (non-hydrogen) atoms. The molecule has 8 nitrogen and oxygen atoms in total. The molecule has 0 radical (unpaired) electrons. The Hall–Kier alpha value is -3.36. The van der Waals surface area contributed by atoms with E-state index in [2.05, 4.69) is 10.3 Å². The van der Waals surface area contributed by atoms with Crippen LogP contribution in [0.25, 0.3) is 0 Å². The average Bonchev–Trinajstić information content (AvgIpc) is 2.72. The van der Waals surface area contributed by atoms with Gasteiger partial charge in [-0.25, -0.2) is 14.2 Å². The predicted octanol–water partition coefficient (Wildman–Crippen LogP) is 3.09. The van der Waals surface area contributed by atoms with E-state index in [9.17, 15) is 19.1 Å². The largest absolute Gasteiger partial charge is 0.503 e. The average molecular weight is 434 g/mol. The minimum atomic E-state index is -1.01. The summed E-state index contributed by atoms with van der Waals surface area (Å²) in [6.07, 6.45) is 0.153. The van der Waals surface area contributed by atoms with Crippen molar-refractivity contribution in [1.29, 1.82) is 0 Å². The van der Waals surface area contributed by atoms with Crippen molar-refractivity contribution in [1.82, 2.24) is 10.3 Å². The van der Waals surface area contributed by atoms with Crippen LogP contribution >= 0.6 is 0 Å². The Morgan fingerprint density at radius 3 is 2.32 bits per heavy atom. The van der Waals surface area contributed by atoms with E-state index in [4.69, 9.17) is 14.2 Å². The minimum Gasteiger partial charge on any atom is -0.503 e. The van der Waals surface area contributed by atoms with Crippen LogP contribution in [-0.2, 0) is 9.53 Å². The molecule has 3 atom stereocenters. The molecule has 0 saturated carbocycles. The lowest BCUT2D eigenvalue weighted by atomic mass is 10.0. The summed E-state index contributed by atoms with van der Waals surface area (Å²) in [6, 6.07) is 5.94. The fourth-order valence-electron chi connectivity index (χ4n) is 2.89. The van der Waals surface area contributed by atoms with Crippen LogP contribution in [0, 0.1) is 11.7 Å². The fraction of sp³-hybridized carbons (Fsp3) is 0.409. The number of hydrogen-bond donors (Lipinski definition) is 2. The molecule has 2 N–H and O–H groups in total. The molecule has 2 aromatic rings. The van der Waals surface area contributed by atoms with Crippen LogP contribution in [0.15, 0.2) is 36.5 Å². The molecule has 1 amide bonds. The summed E-state index contributed by atoms with van der Waals surface area (Å²) in [5.74, 6) is -1.73. The predicted molar refractivity (Wildman–Crippen MR) is 111 cm³/mol. The van der Waals surface area contributed by atoms with Crippen molar-refractivity contribution < 1.29 is 33.3 Å². The number of aromatic hydroxyl groups is 1. The molecule has 0 unspecified atom stereocenters. The van der Waals surface area contributed by atoms with Gasteiger partial charge >= 0.3 is 5.97 Å². The van der Waals surface area contributed by atoms with E-state index in [1.165, 1.54) is 50.6 Å². The molecule has 1 aromatic heterocycles. The van der Waals surface area contributed by atoms with Crippen molar-refractivity contribution >= 4 is 11.9 Å². The summed E-state index contributed by atoms with van der Waals surface area (Å²) in [5, 5.41) is 12.5. The van der Waals surface area contributed by atoms with Gasteiger partial charge in [0.1, 0.15) is 29.8 Å². The second-order valence-corrected chi connectivity index (χ2v) is 7.33. The van der Waals surface area contributed by atoms with Gasteiger partial charge in [0, 0.05) is 12.3 Å². The van der Waals surface area contributed by atoms with Crippen molar-refractivity contribution in [2.75, 3.05) is 7.11 Å². The van der Waals surface area contributed by atoms with Gasteiger partial charge in [-0.1, -0.05) is 13.8 Å². The number of halogens is 1. The van der Waals surface area contributed by atoms with E-state index in [1.54, 1.807) is 6.92 Å². The van der Waals surface area contributed by atoms with Gasteiger partial charge in [0.05, 0.1) is 7.11 Å². The molecule has 9 heteroatoms. The normalized spacial score (nSPS) is 13.8. The third kappa shape index (κ3) is 6.31. The Kier molecular flexibility index (Phi) is 8.18. The van der Waals surface area contributed by atoms with E-state index in [-0.39, 0.29) is 23.2 Å². The van der Waals surface area contributed by atoms with Crippen LogP contribution in [0.1, 0.15) is 38.2 Å². The van der Waals surface area contributed by atoms with Gasteiger partial charge in [0.15, 0.2) is 17.2 Å². The van der Waals surface area contributed by atoms with Crippen molar-refractivity contribution in [3.05, 3.63) is 48.0 Å². The number of rotatable bonds is 9. The van der Waals surface area contributed by atoms with E-state index >= 15 is 0 Å². The van der Waals surface area contributed by atoms with Gasteiger partial charge in [-0.2, -0.15) is 0 Å². The molecule has 2 rings (SSSR count). The number of carbonyl (C=O) groups excluding carboxylic acids is 2. The van der Waals surface area contributed by atoms with E-state index in [0.29, 0.717) is 5.75 Å². The minimum absolute atomic E-state index is 0.0179.